The van der Waals surface area contributed by atoms with E-state index in [1.165, 1.54) is 62.1 Å². The van der Waals surface area contributed by atoms with Crippen LogP contribution in [0.2, 0.25) is 0 Å². The summed E-state index contributed by atoms with van der Waals surface area (Å²) < 4.78 is 9.26. The predicted molar refractivity (Wildman–Crippen MR) is 214 cm³/mol. The first kappa shape index (κ1) is 30.5. The van der Waals surface area contributed by atoms with Gasteiger partial charge in [-0.05, 0) is 116 Å². The first-order chi connectivity index (χ1) is 25.3. The molecular formula is C48H44N2O. The number of hydrogen-bond donors (Lipinski definition) is 1. The quantitative estimate of drug-likeness (QED) is 0.208. The second kappa shape index (κ2) is 12.8. The van der Waals surface area contributed by atoms with Crippen molar-refractivity contribution in [2.75, 3.05) is 5.32 Å². The highest BCUT2D eigenvalue weighted by molar-refractivity contribution is 5.96. The number of aromatic nitrogens is 1. The molecule has 4 aromatic rings. The third-order valence-electron chi connectivity index (χ3n) is 11.9. The molecule has 5 aliphatic carbocycles. The number of anilines is 2. The van der Waals surface area contributed by atoms with Crippen LogP contribution in [0.4, 0.5) is 11.4 Å². The second-order valence-electron chi connectivity index (χ2n) is 14.8. The van der Waals surface area contributed by atoms with E-state index in [1.54, 1.807) is 0 Å². The minimum Gasteiger partial charge on any atom is -0.483 e. The van der Waals surface area contributed by atoms with Crippen molar-refractivity contribution in [2.24, 2.45) is 0 Å². The Kier molecular flexibility index (Phi) is 7.66. The van der Waals surface area contributed by atoms with E-state index in [0.29, 0.717) is 11.8 Å². The van der Waals surface area contributed by atoms with E-state index < -0.39 is 0 Å². The molecule has 51 heavy (non-hydrogen) atoms. The standard InChI is InChI=1S/C48H44N2O/c1-3-14-32(15-4-1)38-30-31-42(48-47(38)40-20-9-12-25-45(40)51-48)49-41-22-10-7-18-36(41)33-26-28-34(29-27-33)37-21-13-24-44-46(37)39-19-8-11-23-43(39)50(44)35-16-5-2-6-17-35/h1,3,5,7,9-13,16-18,20-28,30-32,34,40,45,49H,2,4,6,8,14-15,19,29H2. The first-order valence-electron chi connectivity index (χ1n) is 19.1. The molecule has 10 rings (SSSR count). The minimum absolute atomic E-state index is 0.0563. The molecule has 252 valence electrons. The van der Waals surface area contributed by atoms with Crippen LogP contribution < -0.4 is 10.1 Å². The highest BCUT2D eigenvalue weighted by Crippen LogP contribution is 2.51. The van der Waals surface area contributed by atoms with Gasteiger partial charge in [-0.25, -0.2) is 0 Å². The van der Waals surface area contributed by atoms with Gasteiger partial charge in [0.25, 0.3) is 0 Å². The topological polar surface area (TPSA) is 26.2 Å². The number of allylic oxidation sites excluding steroid dienone is 13. The maximum atomic E-state index is 6.75. The van der Waals surface area contributed by atoms with Gasteiger partial charge in [-0.1, -0.05) is 103 Å². The lowest BCUT2D eigenvalue weighted by molar-refractivity contribution is 0.270. The van der Waals surface area contributed by atoms with Gasteiger partial charge in [-0.15, -0.1) is 0 Å². The zero-order valence-electron chi connectivity index (χ0n) is 29.1. The SMILES string of the molecule is C1=CC2Oc3c(Nc4ccccc4C4=CCC(c5cccc6c5c5c(n6C6=CCCC=C6)C=CCC5)C=C4)ccc(C4CC=CCC4)c3C2C=C1. The third-order valence-corrected chi connectivity index (χ3v) is 11.9. The van der Waals surface area contributed by atoms with Gasteiger partial charge < -0.3 is 14.6 Å². The summed E-state index contributed by atoms with van der Waals surface area (Å²) in [5, 5.41) is 5.32. The average Bonchev–Trinajstić information content (AvgIpc) is 3.76. The summed E-state index contributed by atoms with van der Waals surface area (Å²) in [4.78, 5) is 0. The molecule has 0 radical (unpaired) electrons. The molecule has 6 aliphatic rings. The molecule has 1 aromatic heterocycles. The Balaban J connectivity index is 0.971. The zero-order valence-corrected chi connectivity index (χ0v) is 29.1. The number of nitrogens with zero attached hydrogens (tertiary/aromatic N) is 1. The van der Waals surface area contributed by atoms with Crippen LogP contribution in [-0.4, -0.2) is 10.7 Å². The van der Waals surface area contributed by atoms with Crippen LogP contribution in [0.1, 0.15) is 96.2 Å². The lowest BCUT2D eigenvalue weighted by atomic mass is 9.80. The molecule has 0 bridgehead atoms. The van der Waals surface area contributed by atoms with Gasteiger partial charge in [0.05, 0.1) is 11.2 Å². The summed E-state index contributed by atoms with van der Waals surface area (Å²) in [5.41, 5.74) is 14.5. The van der Waals surface area contributed by atoms with E-state index in [0.717, 1.165) is 62.1 Å². The van der Waals surface area contributed by atoms with Crippen LogP contribution in [0.25, 0.3) is 28.2 Å². The summed E-state index contributed by atoms with van der Waals surface area (Å²) in [7, 11) is 0. The Morgan fingerprint density at radius 3 is 2.53 bits per heavy atom. The van der Waals surface area contributed by atoms with Crippen molar-refractivity contribution in [1.29, 1.82) is 0 Å². The van der Waals surface area contributed by atoms with E-state index in [9.17, 15) is 0 Å². The van der Waals surface area contributed by atoms with Crippen LogP contribution in [0, 0.1) is 0 Å². The number of nitrogens with one attached hydrogen (secondary N) is 1. The molecule has 4 unspecified atom stereocenters. The summed E-state index contributed by atoms with van der Waals surface area (Å²) in [6.45, 7) is 0. The number of rotatable bonds is 6. The van der Waals surface area contributed by atoms with E-state index in [1.807, 2.05) is 0 Å². The zero-order chi connectivity index (χ0) is 33.7. The molecule has 0 spiro atoms. The molecule has 4 atom stereocenters. The van der Waals surface area contributed by atoms with Crippen LogP contribution in [0.15, 0.2) is 134 Å². The number of aryl methyl sites for hydroxylation is 1. The maximum absolute atomic E-state index is 6.75. The third kappa shape index (κ3) is 5.25. The maximum Gasteiger partial charge on any atom is 0.147 e. The molecule has 2 heterocycles. The van der Waals surface area contributed by atoms with Crippen LogP contribution in [0.5, 0.6) is 5.75 Å². The normalized spacial score (nSPS) is 24.2. The fourth-order valence-corrected chi connectivity index (χ4v) is 9.42. The highest BCUT2D eigenvalue weighted by atomic mass is 16.5. The molecule has 3 nitrogen and oxygen atoms in total. The summed E-state index contributed by atoms with van der Waals surface area (Å²) in [6, 6.07) is 20.4. The number of para-hydroxylation sites is 1. The van der Waals surface area contributed by atoms with E-state index in [4.69, 9.17) is 4.74 Å². The fraction of sp³-hybridized carbons (Fsp3) is 0.250. The molecule has 0 fully saturated rings. The molecule has 3 aromatic carbocycles. The van der Waals surface area contributed by atoms with Gasteiger partial charge in [0.2, 0.25) is 0 Å². The molecule has 0 amide bonds. The molecule has 1 aliphatic heterocycles. The molecule has 0 saturated carbocycles. The number of fused-ring (bicyclic) bond motifs is 6. The Labute approximate surface area is 301 Å². The fourth-order valence-electron chi connectivity index (χ4n) is 9.42. The van der Waals surface area contributed by atoms with Gasteiger partial charge in [0.1, 0.15) is 11.9 Å². The van der Waals surface area contributed by atoms with Crippen molar-refractivity contribution < 1.29 is 4.74 Å². The predicted octanol–water partition coefficient (Wildman–Crippen LogP) is 12.5. The average molecular weight is 665 g/mol. The largest absolute Gasteiger partial charge is 0.483 e. The van der Waals surface area contributed by atoms with Crippen LogP contribution >= 0.6 is 0 Å². The van der Waals surface area contributed by atoms with E-state index >= 15 is 0 Å². The summed E-state index contributed by atoms with van der Waals surface area (Å²) >= 11 is 0. The Morgan fingerprint density at radius 1 is 0.706 bits per heavy atom. The monoisotopic (exact) mass is 664 g/mol. The summed E-state index contributed by atoms with van der Waals surface area (Å²) in [6.07, 6.45) is 41.4. The van der Waals surface area contributed by atoms with Gasteiger partial charge in [0.15, 0.2) is 0 Å². The number of hydrogen-bond acceptors (Lipinski definition) is 2. The van der Waals surface area contributed by atoms with Crippen molar-refractivity contribution in [3.8, 4) is 5.75 Å². The molecule has 1 N–H and O–H groups in total. The lowest BCUT2D eigenvalue weighted by Gasteiger charge is -2.24. The van der Waals surface area contributed by atoms with Gasteiger partial charge in [-0.2, -0.15) is 0 Å². The van der Waals surface area contributed by atoms with Crippen molar-refractivity contribution in [3.05, 3.63) is 167 Å². The number of benzene rings is 3. The Hall–Kier alpha value is -5.28. The van der Waals surface area contributed by atoms with Crippen molar-refractivity contribution in [1.82, 2.24) is 4.57 Å². The van der Waals surface area contributed by atoms with Crippen molar-refractivity contribution in [3.63, 3.8) is 0 Å². The molecular weight excluding hydrogens is 621 g/mol. The summed E-state index contributed by atoms with van der Waals surface area (Å²) in [5.74, 6) is 2.17. The number of ether oxygens (including phenoxy) is 1. The second-order valence-corrected chi connectivity index (χ2v) is 14.8. The molecule has 3 heteroatoms. The van der Waals surface area contributed by atoms with Gasteiger partial charge in [0, 0.05) is 45.4 Å². The Morgan fingerprint density at radius 2 is 1.65 bits per heavy atom. The van der Waals surface area contributed by atoms with E-state index in [-0.39, 0.29) is 12.0 Å². The lowest BCUT2D eigenvalue weighted by Crippen LogP contribution is -2.16. The van der Waals surface area contributed by atoms with E-state index in [2.05, 4.69) is 150 Å². The van der Waals surface area contributed by atoms with Crippen LogP contribution in [-0.2, 0) is 6.42 Å². The van der Waals surface area contributed by atoms with Crippen molar-refractivity contribution >= 4 is 39.6 Å². The Bertz CT molecular complexity index is 2300. The molecule has 0 saturated heterocycles. The van der Waals surface area contributed by atoms with Crippen LogP contribution in [0.3, 0.4) is 0 Å². The van der Waals surface area contributed by atoms with Crippen molar-refractivity contribution in [2.45, 2.75) is 75.2 Å². The van der Waals surface area contributed by atoms with Gasteiger partial charge >= 0.3 is 0 Å². The smallest absolute Gasteiger partial charge is 0.147 e. The minimum atomic E-state index is 0.0563. The first-order valence-corrected chi connectivity index (χ1v) is 19.1. The van der Waals surface area contributed by atoms with Gasteiger partial charge in [-0.3, -0.25) is 0 Å². The highest BCUT2D eigenvalue weighted by Gasteiger charge is 2.37.